The molecule has 5 nitrogen and oxygen atoms in total. The summed E-state index contributed by atoms with van der Waals surface area (Å²) >= 11 is 6.35. The molecule has 43 heavy (non-hydrogen) atoms. The van der Waals surface area contributed by atoms with Gasteiger partial charge in [0, 0.05) is 29.6 Å². The average molecular weight is 637 g/mol. The van der Waals surface area contributed by atoms with Gasteiger partial charge >= 0.3 is 6.18 Å². The summed E-state index contributed by atoms with van der Waals surface area (Å²) in [7, 11) is -1.67. The van der Waals surface area contributed by atoms with Crippen LogP contribution in [0.2, 0.25) is 5.02 Å². The summed E-state index contributed by atoms with van der Waals surface area (Å²) in [6.07, 6.45) is 2.92. The second kappa shape index (κ2) is 13.6. The van der Waals surface area contributed by atoms with Crippen molar-refractivity contribution in [1.82, 2.24) is 4.72 Å². The van der Waals surface area contributed by atoms with Gasteiger partial charge in [-0.05, 0) is 91.8 Å². The van der Waals surface area contributed by atoms with Gasteiger partial charge in [-0.3, -0.25) is 9.52 Å². The van der Waals surface area contributed by atoms with Gasteiger partial charge in [0.25, 0.3) is 5.91 Å². The Morgan fingerprint density at radius 3 is 2.60 bits per heavy atom. The van der Waals surface area contributed by atoms with E-state index in [1.165, 1.54) is 6.08 Å². The number of ether oxygens (including phenoxy) is 1. The van der Waals surface area contributed by atoms with Crippen molar-refractivity contribution in [2.75, 3.05) is 24.6 Å². The molecule has 10 heteroatoms. The van der Waals surface area contributed by atoms with E-state index >= 15 is 0 Å². The fourth-order valence-electron chi connectivity index (χ4n) is 6.75. The molecule has 1 aliphatic carbocycles. The monoisotopic (exact) mass is 636 g/mol. The Hall–Kier alpha value is -2.52. The highest BCUT2D eigenvalue weighted by molar-refractivity contribution is 7.84. The molecule has 2 aliphatic heterocycles. The van der Waals surface area contributed by atoms with Gasteiger partial charge in [-0.2, -0.15) is 13.2 Å². The molecule has 0 spiro atoms. The summed E-state index contributed by atoms with van der Waals surface area (Å²) in [5.41, 5.74) is 3.28. The number of hydrogen-bond donors (Lipinski definition) is 1. The molecular formula is C33H40ClF3N2O3S. The van der Waals surface area contributed by atoms with Crippen molar-refractivity contribution in [2.45, 2.75) is 76.1 Å². The Kier molecular flexibility index (Phi) is 10.1. The van der Waals surface area contributed by atoms with E-state index in [4.69, 9.17) is 16.3 Å². The molecule has 1 saturated carbocycles. The van der Waals surface area contributed by atoms with Crippen molar-refractivity contribution in [3.05, 3.63) is 70.3 Å². The number of carbonyl (C=O) groups is 1. The predicted octanol–water partition coefficient (Wildman–Crippen LogP) is 8.00. The van der Waals surface area contributed by atoms with Crippen LogP contribution in [-0.2, 0) is 17.4 Å². The molecule has 234 valence electrons. The summed E-state index contributed by atoms with van der Waals surface area (Å²) in [5.74, 6) is -2.12. The summed E-state index contributed by atoms with van der Waals surface area (Å²) in [6.45, 7) is 5.31. The minimum atomic E-state index is -4.35. The van der Waals surface area contributed by atoms with Crippen molar-refractivity contribution in [3.63, 3.8) is 0 Å². The number of rotatable bonds is 4. The van der Waals surface area contributed by atoms with E-state index in [-0.39, 0.29) is 17.1 Å². The fraction of sp³-hybridized carbons (Fsp3) is 0.545. The molecule has 6 unspecified atom stereocenters. The highest BCUT2D eigenvalue weighted by atomic mass is 35.5. The maximum atomic E-state index is 14.4. The highest BCUT2D eigenvalue weighted by Gasteiger charge is 2.49. The standard InChI is InChI=1S/C33H40ClF3N2O3S/c1-3-7-21-16-25(34)12-14-27(21)24-19-39-18-23-10-13-28(23)29(33(35,36)37)9-6-5-8-26(4-2)43(41)38-32(40)22-11-15-31(42-20-24)30(39)17-22/h6,9,11-12,14-17,23-24,26,28-29H,3-5,7-8,10,13,18-20H2,1-2H3,(H,38,40)/b9-6+. The maximum absolute atomic E-state index is 14.4. The van der Waals surface area contributed by atoms with E-state index < -0.39 is 34.9 Å². The largest absolute Gasteiger partial charge is 0.491 e. The first-order valence-electron chi connectivity index (χ1n) is 15.3. The number of hydrogen-bond acceptors (Lipinski definition) is 4. The van der Waals surface area contributed by atoms with Crippen molar-refractivity contribution < 1.29 is 26.9 Å². The van der Waals surface area contributed by atoms with Crippen LogP contribution in [0.15, 0.2) is 48.6 Å². The quantitative estimate of drug-likeness (QED) is 0.346. The molecule has 1 fully saturated rings. The van der Waals surface area contributed by atoms with Crippen molar-refractivity contribution >= 4 is 34.2 Å². The Labute approximate surface area is 259 Å². The molecule has 1 amide bonds. The van der Waals surface area contributed by atoms with E-state index in [0.717, 1.165) is 24.0 Å². The summed E-state index contributed by atoms with van der Waals surface area (Å²) in [6, 6.07) is 11.0. The number of benzene rings is 2. The van der Waals surface area contributed by atoms with E-state index in [1.807, 2.05) is 25.1 Å². The average Bonchev–Trinajstić information content (AvgIpc) is 3.12. The van der Waals surface area contributed by atoms with E-state index in [0.29, 0.717) is 73.8 Å². The molecule has 6 atom stereocenters. The minimum Gasteiger partial charge on any atom is -0.491 e. The Morgan fingerprint density at radius 2 is 1.91 bits per heavy atom. The van der Waals surface area contributed by atoms with E-state index in [9.17, 15) is 22.2 Å². The van der Waals surface area contributed by atoms with Crippen LogP contribution in [0.4, 0.5) is 18.9 Å². The predicted molar refractivity (Wildman–Crippen MR) is 166 cm³/mol. The minimum absolute atomic E-state index is 0.0521. The summed E-state index contributed by atoms with van der Waals surface area (Å²) in [4.78, 5) is 15.4. The van der Waals surface area contributed by atoms with Gasteiger partial charge in [0.05, 0.1) is 23.5 Å². The highest BCUT2D eigenvalue weighted by Crippen LogP contribution is 2.48. The number of halogens is 4. The third kappa shape index (κ3) is 7.25. The zero-order chi connectivity index (χ0) is 30.7. The molecule has 5 rings (SSSR count). The van der Waals surface area contributed by atoms with Crippen LogP contribution < -0.4 is 14.4 Å². The Morgan fingerprint density at radius 1 is 1.09 bits per heavy atom. The molecular weight excluding hydrogens is 597 g/mol. The lowest BCUT2D eigenvalue weighted by atomic mass is 9.66. The van der Waals surface area contributed by atoms with Crippen LogP contribution in [0.3, 0.4) is 0 Å². The second-order valence-corrected chi connectivity index (χ2v) is 13.9. The SMILES string of the molecule is CCCc1cc(Cl)ccc1C1COc2ccc3cc2N(C1)CC1CCC1C(C(F)(F)F)/C=C/CCC(CC)S(=O)NC3=O. The zero-order valence-corrected chi connectivity index (χ0v) is 26.2. The van der Waals surface area contributed by atoms with Crippen LogP contribution in [0.1, 0.15) is 79.8 Å². The van der Waals surface area contributed by atoms with Crippen LogP contribution >= 0.6 is 11.6 Å². The number of carbonyl (C=O) groups excluding carboxylic acids is 1. The molecule has 0 aromatic heterocycles. The number of alkyl halides is 3. The van der Waals surface area contributed by atoms with Crippen LogP contribution in [0.5, 0.6) is 5.75 Å². The van der Waals surface area contributed by atoms with Crippen molar-refractivity contribution in [2.24, 2.45) is 17.8 Å². The first-order chi connectivity index (χ1) is 20.6. The lowest BCUT2D eigenvalue weighted by molar-refractivity contribution is -0.187. The number of amides is 1. The maximum Gasteiger partial charge on any atom is 0.395 e. The first kappa shape index (κ1) is 31.9. The summed E-state index contributed by atoms with van der Waals surface area (Å²) < 4.78 is 65.2. The Bertz CT molecular complexity index is 1370. The second-order valence-electron chi connectivity index (χ2n) is 12.0. The van der Waals surface area contributed by atoms with Crippen molar-refractivity contribution in [3.8, 4) is 5.75 Å². The fourth-order valence-corrected chi connectivity index (χ4v) is 8.06. The molecule has 1 N–H and O–H groups in total. The smallest absolute Gasteiger partial charge is 0.395 e. The molecule has 3 aliphatic rings. The lowest BCUT2D eigenvalue weighted by Gasteiger charge is -2.44. The molecule has 2 aromatic rings. The molecule has 0 saturated heterocycles. The molecule has 2 bridgehead atoms. The van der Waals surface area contributed by atoms with Gasteiger partial charge in [-0.1, -0.05) is 50.1 Å². The van der Waals surface area contributed by atoms with Crippen molar-refractivity contribution in [1.29, 1.82) is 0 Å². The number of nitrogens with one attached hydrogen (secondary N) is 1. The number of anilines is 1. The van der Waals surface area contributed by atoms with Gasteiger partial charge in [0.1, 0.15) is 16.7 Å². The third-order valence-electron chi connectivity index (χ3n) is 9.23. The van der Waals surface area contributed by atoms with Gasteiger partial charge < -0.3 is 9.64 Å². The number of nitrogens with zero attached hydrogens (tertiary/aromatic N) is 1. The van der Waals surface area contributed by atoms with Crippen LogP contribution in [-0.4, -0.2) is 41.2 Å². The molecule has 2 heterocycles. The zero-order valence-electron chi connectivity index (χ0n) is 24.7. The van der Waals surface area contributed by atoms with Gasteiger partial charge in [-0.25, -0.2) is 4.21 Å². The van der Waals surface area contributed by atoms with Gasteiger partial charge in [-0.15, -0.1) is 0 Å². The molecule has 0 radical (unpaired) electrons. The lowest BCUT2D eigenvalue weighted by Crippen LogP contribution is -2.45. The third-order valence-corrected chi connectivity index (χ3v) is 11.0. The normalized spacial score (nSPS) is 29.0. The van der Waals surface area contributed by atoms with Crippen LogP contribution in [0.25, 0.3) is 0 Å². The van der Waals surface area contributed by atoms with E-state index in [1.54, 1.807) is 24.3 Å². The first-order valence-corrected chi connectivity index (χ1v) is 16.9. The van der Waals surface area contributed by atoms with Gasteiger partial charge in [0.15, 0.2) is 0 Å². The Balaban J connectivity index is 1.55. The van der Waals surface area contributed by atoms with Gasteiger partial charge in [0.2, 0.25) is 0 Å². The summed E-state index contributed by atoms with van der Waals surface area (Å²) in [5, 5.41) is 0.303. The number of allylic oxidation sites excluding steroid dienone is 2. The van der Waals surface area contributed by atoms with E-state index in [2.05, 4.69) is 16.5 Å². The molecule has 2 aromatic carbocycles. The topological polar surface area (TPSA) is 58.6 Å². The van der Waals surface area contributed by atoms with Crippen LogP contribution in [0, 0.1) is 17.8 Å². The number of aryl methyl sites for hydroxylation is 1. The number of fused-ring (bicyclic) bond motifs is 2.